The summed E-state index contributed by atoms with van der Waals surface area (Å²) in [6.45, 7) is 5.34. The Balaban J connectivity index is 2.00. The van der Waals surface area contributed by atoms with Crippen LogP contribution in [0.2, 0.25) is 5.02 Å². The summed E-state index contributed by atoms with van der Waals surface area (Å²) in [6, 6.07) is 0. The lowest BCUT2D eigenvalue weighted by Crippen LogP contribution is -2.28. The average Bonchev–Trinajstić information content (AvgIpc) is 2.43. The van der Waals surface area contributed by atoms with Gasteiger partial charge < -0.3 is 10.4 Å². The maximum atomic E-state index is 12.1. The van der Waals surface area contributed by atoms with Crippen LogP contribution in [-0.4, -0.2) is 27.5 Å². The topological polar surface area (TPSA) is 67.2 Å². The predicted octanol–water partition coefficient (Wildman–Crippen LogP) is 2.52. The van der Waals surface area contributed by atoms with Crippen molar-refractivity contribution in [1.82, 2.24) is 9.78 Å². The van der Waals surface area contributed by atoms with Crippen LogP contribution in [0, 0.1) is 11.8 Å². The number of halogens is 1. The van der Waals surface area contributed by atoms with Crippen molar-refractivity contribution in [3.63, 3.8) is 0 Å². The Morgan fingerprint density at radius 3 is 2.95 bits per heavy atom. The summed E-state index contributed by atoms with van der Waals surface area (Å²) in [5.74, 6) is 0.761. The molecule has 6 heteroatoms. The van der Waals surface area contributed by atoms with E-state index in [1.165, 1.54) is 4.68 Å². The molecule has 0 aliphatic heterocycles. The molecule has 21 heavy (non-hydrogen) atoms. The molecule has 0 spiro atoms. The molecule has 1 heterocycles. The first-order chi connectivity index (χ1) is 9.97. The molecular weight excluding hydrogens is 290 g/mol. The maximum absolute atomic E-state index is 12.1. The van der Waals surface area contributed by atoms with Crippen LogP contribution in [0.15, 0.2) is 11.0 Å². The average molecular weight is 314 g/mol. The molecule has 1 saturated carbocycles. The van der Waals surface area contributed by atoms with Gasteiger partial charge in [-0.2, -0.15) is 5.10 Å². The third-order valence-electron chi connectivity index (χ3n) is 3.86. The molecule has 5 nitrogen and oxygen atoms in total. The van der Waals surface area contributed by atoms with E-state index in [0.29, 0.717) is 30.6 Å². The van der Waals surface area contributed by atoms with Crippen LogP contribution in [0.5, 0.6) is 0 Å². The molecule has 2 unspecified atom stereocenters. The zero-order valence-electron chi connectivity index (χ0n) is 12.7. The molecule has 2 atom stereocenters. The molecule has 118 valence electrons. The number of nitrogens with zero attached hydrogens (tertiary/aromatic N) is 2. The Morgan fingerprint density at radius 2 is 2.29 bits per heavy atom. The second-order valence-corrected chi connectivity index (χ2v) is 6.70. The summed E-state index contributed by atoms with van der Waals surface area (Å²) in [5, 5.41) is 17.2. The van der Waals surface area contributed by atoms with Crippen LogP contribution < -0.4 is 10.9 Å². The Kier molecular flexibility index (Phi) is 5.65. The van der Waals surface area contributed by atoms with Gasteiger partial charge in [0, 0.05) is 13.1 Å². The van der Waals surface area contributed by atoms with E-state index >= 15 is 0 Å². The van der Waals surface area contributed by atoms with E-state index in [1.807, 2.05) is 13.8 Å². The van der Waals surface area contributed by atoms with E-state index in [9.17, 15) is 9.90 Å². The SMILES string of the molecule is CC(C)Cn1ncc(NCC2CCCC(O)C2)c(Cl)c1=O. The molecule has 1 fully saturated rings. The summed E-state index contributed by atoms with van der Waals surface area (Å²) in [4.78, 5) is 12.1. The number of aromatic nitrogens is 2. The van der Waals surface area contributed by atoms with E-state index in [4.69, 9.17) is 11.6 Å². The van der Waals surface area contributed by atoms with Gasteiger partial charge in [0.2, 0.25) is 0 Å². The number of rotatable bonds is 5. The molecular formula is C15H24ClN3O2. The van der Waals surface area contributed by atoms with Crippen molar-refractivity contribution in [3.05, 3.63) is 21.6 Å². The van der Waals surface area contributed by atoms with Crippen LogP contribution >= 0.6 is 11.6 Å². The van der Waals surface area contributed by atoms with E-state index < -0.39 is 0 Å². The number of aliphatic hydroxyl groups excluding tert-OH is 1. The number of aliphatic hydroxyl groups is 1. The second kappa shape index (κ2) is 7.27. The lowest BCUT2D eigenvalue weighted by atomic mass is 9.87. The van der Waals surface area contributed by atoms with Gasteiger partial charge in [-0.3, -0.25) is 4.79 Å². The molecule has 0 saturated heterocycles. The lowest BCUT2D eigenvalue weighted by molar-refractivity contribution is 0.105. The number of hydrogen-bond acceptors (Lipinski definition) is 4. The highest BCUT2D eigenvalue weighted by Crippen LogP contribution is 2.25. The summed E-state index contributed by atoms with van der Waals surface area (Å²) in [5.41, 5.74) is 0.334. The van der Waals surface area contributed by atoms with Gasteiger partial charge in [-0.15, -0.1) is 0 Å². The highest BCUT2D eigenvalue weighted by molar-refractivity contribution is 6.32. The molecule has 2 N–H and O–H groups in total. The molecule has 2 rings (SSSR count). The third-order valence-corrected chi connectivity index (χ3v) is 4.22. The van der Waals surface area contributed by atoms with Gasteiger partial charge in [-0.25, -0.2) is 4.68 Å². The molecule has 0 amide bonds. The molecule has 0 bridgehead atoms. The van der Waals surface area contributed by atoms with E-state index in [2.05, 4.69) is 10.4 Å². The summed E-state index contributed by atoms with van der Waals surface area (Å²) in [7, 11) is 0. The van der Waals surface area contributed by atoms with Crippen molar-refractivity contribution < 1.29 is 5.11 Å². The first-order valence-corrected chi connectivity index (χ1v) is 8.02. The lowest BCUT2D eigenvalue weighted by Gasteiger charge is -2.26. The van der Waals surface area contributed by atoms with Crippen LogP contribution in [0.4, 0.5) is 5.69 Å². The molecule has 0 radical (unpaired) electrons. The normalized spacial score (nSPS) is 22.5. The minimum absolute atomic E-state index is 0.196. The van der Waals surface area contributed by atoms with Crippen molar-refractivity contribution in [2.24, 2.45) is 11.8 Å². The second-order valence-electron chi connectivity index (χ2n) is 6.32. The summed E-state index contributed by atoms with van der Waals surface area (Å²) in [6.07, 6.45) is 5.27. The first-order valence-electron chi connectivity index (χ1n) is 7.65. The number of hydrogen-bond donors (Lipinski definition) is 2. The third kappa shape index (κ3) is 4.45. The fourth-order valence-electron chi connectivity index (χ4n) is 2.77. The highest BCUT2D eigenvalue weighted by Gasteiger charge is 2.20. The fraction of sp³-hybridized carbons (Fsp3) is 0.733. The Morgan fingerprint density at radius 1 is 1.52 bits per heavy atom. The van der Waals surface area contributed by atoms with Crippen LogP contribution in [0.1, 0.15) is 39.5 Å². The fourth-order valence-corrected chi connectivity index (χ4v) is 2.98. The molecule has 0 aromatic carbocycles. The minimum atomic E-state index is -0.251. The number of nitrogens with one attached hydrogen (secondary N) is 1. The van der Waals surface area contributed by atoms with Gasteiger partial charge in [0.1, 0.15) is 5.02 Å². The van der Waals surface area contributed by atoms with Crippen molar-refractivity contribution in [2.45, 2.75) is 52.2 Å². The van der Waals surface area contributed by atoms with Crippen molar-refractivity contribution in [2.75, 3.05) is 11.9 Å². The van der Waals surface area contributed by atoms with Crippen molar-refractivity contribution in [1.29, 1.82) is 0 Å². The maximum Gasteiger partial charge on any atom is 0.287 e. The predicted molar refractivity (Wildman–Crippen MR) is 84.8 cm³/mol. The highest BCUT2D eigenvalue weighted by atomic mass is 35.5. The van der Waals surface area contributed by atoms with Crippen molar-refractivity contribution in [3.8, 4) is 0 Å². The van der Waals surface area contributed by atoms with Gasteiger partial charge in [-0.05, 0) is 31.1 Å². The first kappa shape index (κ1) is 16.3. The van der Waals surface area contributed by atoms with E-state index in [0.717, 1.165) is 25.7 Å². The smallest absolute Gasteiger partial charge is 0.287 e. The zero-order valence-corrected chi connectivity index (χ0v) is 13.4. The van der Waals surface area contributed by atoms with Gasteiger partial charge in [0.15, 0.2) is 0 Å². The van der Waals surface area contributed by atoms with Crippen LogP contribution in [0.25, 0.3) is 0 Å². The summed E-state index contributed by atoms with van der Waals surface area (Å²) < 4.78 is 1.41. The van der Waals surface area contributed by atoms with Gasteiger partial charge in [0.05, 0.1) is 18.0 Å². The largest absolute Gasteiger partial charge is 0.393 e. The Labute approximate surface area is 130 Å². The van der Waals surface area contributed by atoms with Gasteiger partial charge in [-0.1, -0.05) is 31.9 Å². The van der Waals surface area contributed by atoms with Crippen molar-refractivity contribution >= 4 is 17.3 Å². The molecule has 1 aliphatic rings. The minimum Gasteiger partial charge on any atom is -0.393 e. The standard InChI is InChI=1S/C15H24ClN3O2/c1-10(2)9-19-15(21)14(16)13(8-18-19)17-7-11-4-3-5-12(20)6-11/h8,10-12,17,20H,3-7,9H2,1-2H3. The quantitative estimate of drug-likeness (QED) is 0.876. The molecule has 1 aliphatic carbocycles. The Hall–Kier alpha value is -1.07. The van der Waals surface area contributed by atoms with Gasteiger partial charge in [0.25, 0.3) is 5.56 Å². The number of anilines is 1. The summed E-state index contributed by atoms with van der Waals surface area (Å²) >= 11 is 6.14. The van der Waals surface area contributed by atoms with Crippen LogP contribution in [0.3, 0.4) is 0 Å². The van der Waals surface area contributed by atoms with Gasteiger partial charge >= 0.3 is 0 Å². The zero-order chi connectivity index (χ0) is 15.4. The molecule has 1 aromatic heterocycles. The van der Waals surface area contributed by atoms with Crippen LogP contribution in [-0.2, 0) is 6.54 Å². The van der Waals surface area contributed by atoms with E-state index in [-0.39, 0.29) is 16.7 Å². The Bertz CT molecular complexity index is 530. The van der Waals surface area contributed by atoms with E-state index in [1.54, 1.807) is 6.20 Å². The monoisotopic (exact) mass is 313 g/mol. The molecule has 1 aromatic rings.